The minimum Gasteiger partial charge on any atom is -0.445 e. The summed E-state index contributed by atoms with van der Waals surface area (Å²) >= 11 is 0. The Bertz CT molecular complexity index is 2330. The Morgan fingerprint density at radius 2 is 1.68 bits per heavy atom. The van der Waals surface area contributed by atoms with Crippen molar-refractivity contribution in [1.29, 1.82) is 0 Å². The van der Waals surface area contributed by atoms with Crippen LogP contribution in [0.1, 0.15) is 28.8 Å². The highest BCUT2D eigenvalue weighted by atomic mass is 32.2. The molecule has 0 radical (unpaired) electrons. The summed E-state index contributed by atoms with van der Waals surface area (Å²) in [7, 11) is -3.52. The average Bonchev–Trinajstić information content (AvgIpc) is 3.15. The van der Waals surface area contributed by atoms with Crippen LogP contribution in [0.5, 0.6) is 11.6 Å². The summed E-state index contributed by atoms with van der Waals surface area (Å²) in [5.74, 6) is 0.753. The standard InChI is InChI=1S/C40H37FN6O5S/c1-27-15-16-33-29(25-53(49,50)26-31-12-5-6-18-42-31)11-7-13-34(33)37(27)52-38-35(14-8-19-43-38)36-17-20-44-39(46-36)45-32-21-30(41)22-47(23-32)40(48)51-24-28-9-3-2-4-10-28/h2-20,30,32H,21-26H2,1H3,(H,44,45,46)/t30-,32+/m1/s1. The van der Waals surface area contributed by atoms with Crippen molar-refractivity contribution in [2.45, 2.75) is 43.7 Å². The van der Waals surface area contributed by atoms with Gasteiger partial charge >= 0.3 is 6.09 Å². The lowest BCUT2D eigenvalue weighted by molar-refractivity contribution is 0.0685. The van der Waals surface area contributed by atoms with Gasteiger partial charge in [-0.05, 0) is 59.3 Å². The molecule has 7 rings (SSSR count). The van der Waals surface area contributed by atoms with E-state index >= 15 is 0 Å². The van der Waals surface area contributed by atoms with Gasteiger partial charge in [0, 0.05) is 43.0 Å². The fourth-order valence-corrected chi connectivity index (χ4v) is 7.84. The van der Waals surface area contributed by atoms with Crippen molar-refractivity contribution in [3.63, 3.8) is 0 Å². The molecule has 0 spiro atoms. The fraction of sp³-hybridized carbons (Fsp3) is 0.225. The zero-order valence-electron chi connectivity index (χ0n) is 28.9. The van der Waals surface area contributed by atoms with Crippen LogP contribution in [0.3, 0.4) is 0 Å². The molecule has 0 aliphatic carbocycles. The zero-order chi connectivity index (χ0) is 36.8. The number of carbonyl (C=O) groups excluding carboxylic acids is 1. The number of alkyl halides is 1. The number of anilines is 1. The van der Waals surface area contributed by atoms with E-state index in [1.165, 1.54) is 4.90 Å². The number of aryl methyl sites for hydroxylation is 1. The predicted octanol–water partition coefficient (Wildman–Crippen LogP) is 7.46. The summed E-state index contributed by atoms with van der Waals surface area (Å²) in [6, 6.07) is 28.7. The number of fused-ring (bicyclic) bond motifs is 1. The number of carbonyl (C=O) groups is 1. The molecular weight excluding hydrogens is 696 g/mol. The normalized spacial score (nSPS) is 15.9. The molecule has 6 aromatic rings. The van der Waals surface area contributed by atoms with Crippen LogP contribution < -0.4 is 10.1 Å². The van der Waals surface area contributed by atoms with Crippen molar-refractivity contribution < 1.29 is 27.1 Å². The van der Waals surface area contributed by atoms with Gasteiger partial charge in [0.2, 0.25) is 11.8 Å². The van der Waals surface area contributed by atoms with E-state index in [9.17, 15) is 17.6 Å². The Kier molecular flexibility index (Phi) is 10.5. The van der Waals surface area contributed by atoms with E-state index in [1.54, 1.807) is 48.9 Å². The number of nitrogens with one attached hydrogen (secondary N) is 1. The van der Waals surface area contributed by atoms with E-state index in [2.05, 4.69) is 20.3 Å². The predicted molar refractivity (Wildman–Crippen MR) is 200 cm³/mol. The molecule has 4 heterocycles. The van der Waals surface area contributed by atoms with Crippen LogP contribution in [0, 0.1) is 6.92 Å². The van der Waals surface area contributed by atoms with Gasteiger partial charge in [-0.2, -0.15) is 0 Å². The van der Waals surface area contributed by atoms with E-state index in [-0.39, 0.29) is 49.5 Å². The first-order valence-electron chi connectivity index (χ1n) is 17.1. The third-order valence-corrected chi connectivity index (χ3v) is 10.4. The molecule has 2 atom stereocenters. The van der Waals surface area contributed by atoms with Gasteiger partial charge in [-0.3, -0.25) is 4.98 Å². The highest BCUT2D eigenvalue weighted by Gasteiger charge is 2.31. The molecule has 53 heavy (non-hydrogen) atoms. The van der Waals surface area contributed by atoms with Crippen LogP contribution in [0.25, 0.3) is 22.0 Å². The van der Waals surface area contributed by atoms with Gasteiger partial charge in [0.25, 0.3) is 0 Å². The van der Waals surface area contributed by atoms with Crippen molar-refractivity contribution in [3.8, 4) is 22.9 Å². The van der Waals surface area contributed by atoms with Gasteiger partial charge in [0.05, 0.1) is 35.0 Å². The highest BCUT2D eigenvalue weighted by molar-refractivity contribution is 7.89. The van der Waals surface area contributed by atoms with Gasteiger partial charge in [0.1, 0.15) is 18.5 Å². The van der Waals surface area contributed by atoms with Gasteiger partial charge in [-0.15, -0.1) is 0 Å². The number of halogens is 1. The third kappa shape index (κ3) is 8.75. The Morgan fingerprint density at radius 1 is 0.849 bits per heavy atom. The molecule has 1 fully saturated rings. The first-order chi connectivity index (χ1) is 25.7. The first kappa shape index (κ1) is 35.5. The third-order valence-electron chi connectivity index (χ3n) is 8.87. The van der Waals surface area contributed by atoms with Crippen molar-refractivity contribution >= 4 is 32.7 Å². The summed E-state index contributed by atoms with van der Waals surface area (Å²) in [4.78, 5) is 32.0. The highest BCUT2D eigenvalue weighted by Crippen LogP contribution is 2.38. The lowest BCUT2D eigenvalue weighted by atomic mass is 10.0. The molecule has 0 bridgehead atoms. The topological polar surface area (TPSA) is 136 Å². The fourth-order valence-electron chi connectivity index (χ4n) is 6.39. The Balaban J connectivity index is 1.09. The molecule has 1 N–H and O–H groups in total. The number of rotatable bonds is 11. The maximum absolute atomic E-state index is 14.9. The number of ether oxygens (including phenoxy) is 2. The van der Waals surface area contributed by atoms with Crippen LogP contribution in [0.2, 0.25) is 0 Å². The largest absolute Gasteiger partial charge is 0.445 e. The number of likely N-dealkylation sites (tertiary alicyclic amines) is 1. The van der Waals surface area contributed by atoms with E-state index in [0.717, 1.165) is 21.9 Å². The van der Waals surface area contributed by atoms with Crippen molar-refractivity contribution in [3.05, 3.63) is 138 Å². The van der Waals surface area contributed by atoms with Gasteiger partial charge < -0.3 is 19.7 Å². The lowest BCUT2D eigenvalue weighted by Gasteiger charge is -2.34. The minimum atomic E-state index is -3.52. The number of benzene rings is 3. The van der Waals surface area contributed by atoms with E-state index < -0.39 is 28.1 Å². The van der Waals surface area contributed by atoms with Crippen molar-refractivity contribution in [2.75, 3.05) is 18.4 Å². The van der Waals surface area contributed by atoms with Crippen LogP contribution in [0.4, 0.5) is 15.1 Å². The molecule has 1 aliphatic heterocycles. The minimum absolute atomic E-state index is 0.0564. The molecule has 3 aromatic heterocycles. The quantitative estimate of drug-likeness (QED) is 0.143. The molecule has 3 aromatic carbocycles. The van der Waals surface area contributed by atoms with Crippen molar-refractivity contribution in [1.82, 2.24) is 24.8 Å². The maximum atomic E-state index is 14.9. The van der Waals surface area contributed by atoms with E-state index in [0.29, 0.717) is 28.3 Å². The summed E-state index contributed by atoms with van der Waals surface area (Å²) < 4.78 is 53.3. The van der Waals surface area contributed by atoms with Crippen LogP contribution in [0.15, 0.2) is 116 Å². The molecule has 270 valence electrons. The Labute approximate surface area is 306 Å². The number of hydrogen-bond acceptors (Lipinski definition) is 10. The maximum Gasteiger partial charge on any atom is 0.410 e. The van der Waals surface area contributed by atoms with Gasteiger partial charge in [0.15, 0.2) is 9.84 Å². The molecule has 1 amide bonds. The lowest BCUT2D eigenvalue weighted by Crippen LogP contribution is -2.50. The van der Waals surface area contributed by atoms with E-state index in [4.69, 9.17) is 14.5 Å². The second-order valence-corrected chi connectivity index (χ2v) is 15.0. The molecule has 11 nitrogen and oxygen atoms in total. The number of piperidine rings is 1. The summed E-state index contributed by atoms with van der Waals surface area (Å²) in [6.45, 7) is 2.17. The number of aromatic nitrogens is 4. The number of pyridine rings is 2. The summed E-state index contributed by atoms with van der Waals surface area (Å²) in [5, 5.41) is 4.68. The molecule has 1 saturated heterocycles. The van der Waals surface area contributed by atoms with Crippen molar-refractivity contribution in [2.24, 2.45) is 0 Å². The zero-order valence-corrected chi connectivity index (χ0v) is 29.7. The van der Waals surface area contributed by atoms with Crippen LogP contribution in [-0.2, 0) is 32.7 Å². The number of hydrogen-bond donors (Lipinski definition) is 1. The summed E-state index contributed by atoms with van der Waals surface area (Å²) in [5.41, 5.74) is 3.91. The van der Waals surface area contributed by atoms with Crippen LogP contribution >= 0.6 is 0 Å². The number of sulfone groups is 1. The van der Waals surface area contributed by atoms with Gasteiger partial charge in [-0.25, -0.2) is 32.6 Å². The van der Waals surface area contributed by atoms with Gasteiger partial charge in [-0.1, -0.05) is 66.7 Å². The smallest absolute Gasteiger partial charge is 0.410 e. The monoisotopic (exact) mass is 732 g/mol. The second-order valence-electron chi connectivity index (χ2n) is 12.9. The van der Waals surface area contributed by atoms with E-state index in [1.807, 2.05) is 73.7 Å². The first-order valence-corrected chi connectivity index (χ1v) is 19.0. The number of nitrogens with zero attached hydrogens (tertiary/aromatic N) is 5. The molecule has 1 aliphatic rings. The summed E-state index contributed by atoms with van der Waals surface area (Å²) in [6.07, 6.45) is 3.12. The second kappa shape index (κ2) is 15.7. The SMILES string of the molecule is Cc1ccc2c(CS(=O)(=O)Cc3ccccn3)cccc2c1Oc1ncccc1-c1ccnc(N[C@H]2C[C@@H](F)CN(C(=O)OCc3ccccc3)C2)n1. The molecule has 0 saturated carbocycles. The van der Waals surface area contributed by atoms with Crippen LogP contribution in [-0.4, -0.2) is 64.6 Å². The Morgan fingerprint density at radius 3 is 2.51 bits per heavy atom. The number of amides is 1. The average molecular weight is 733 g/mol. The molecule has 13 heteroatoms. The molecule has 0 unspecified atom stereocenters. The molecular formula is C40H37FN6O5S. The Hall–Kier alpha value is -5.95.